The zero-order chi connectivity index (χ0) is 53.6. The van der Waals surface area contributed by atoms with Crippen molar-refractivity contribution in [2.45, 2.75) is 103 Å². The molecule has 0 bridgehead atoms. The lowest BCUT2D eigenvalue weighted by molar-refractivity contribution is -0.172. The van der Waals surface area contributed by atoms with Gasteiger partial charge in [0.1, 0.15) is 30.6 Å². The number of esters is 1. The topological polar surface area (TPSA) is 306 Å². The number of nitrogens with zero attached hydrogens (tertiary/aromatic N) is 3. The normalized spacial score (nSPS) is 16.7. The number of hydrogen-bond donors (Lipinski definition) is 8. The molecule has 0 radical (unpaired) electrons. The van der Waals surface area contributed by atoms with Gasteiger partial charge in [-0.3, -0.25) is 38.5 Å². The molecule has 0 fully saturated rings. The van der Waals surface area contributed by atoms with E-state index < -0.39 is 108 Å². The SMILES string of the molecule is CC[C@@]1(O)C(=O)OCc2c1cc1n(c2=O)Cc2c-1nc1cc(F)c(C)c3c1c2[C@@H](NC(=O)CCN(CCNC(=O)CNC(=O)C(Cc1ccccc1)NC(=O)CNC(=O)CNC(=O)OC(C)(C)C)CC(=O)O)CC3. The second kappa shape index (κ2) is 22.5. The minimum absolute atomic E-state index is 0.00583. The van der Waals surface area contributed by atoms with E-state index in [4.69, 9.17) is 14.5 Å². The summed E-state index contributed by atoms with van der Waals surface area (Å²) in [5, 5.41) is 37.1. The minimum atomic E-state index is -2.06. The number of hydrogen-bond acceptors (Lipinski definition) is 14. The Bertz CT molecular complexity index is 2980. The van der Waals surface area contributed by atoms with Gasteiger partial charge in [0, 0.05) is 55.1 Å². The molecule has 74 heavy (non-hydrogen) atoms. The summed E-state index contributed by atoms with van der Waals surface area (Å²) in [4.78, 5) is 122. The van der Waals surface area contributed by atoms with Crippen LogP contribution in [0, 0.1) is 12.7 Å². The number of fused-ring (bicyclic) bond motifs is 5. The molecule has 1 aliphatic carbocycles. The highest BCUT2D eigenvalue weighted by molar-refractivity contribution is 5.95. The summed E-state index contributed by atoms with van der Waals surface area (Å²) in [5.41, 5.74) is 1.02. The van der Waals surface area contributed by atoms with Crippen LogP contribution in [0.25, 0.3) is 22.3 Å². The number of pyridine rings is 2. The number of alkyl carbamates (subject to hydrolysis) is 1. The Labute approximate surface area is 424 Å². The molecular weight excluding hydrogens is 966 g/mol. The van der Waals surface area contributed by atoms with Crippen LogP contribution in [0.4, 0.5) is 9.18 Å². The maximum atomic E-state index is 15.4. The van der Waals surface area contributed by atoms with Gasteiger partial charge < -0.3 is 56.2 Å². The highest BCUT2D eigenvalue weighted by Gasteiger charge is 2.46. The highest BCUT2D eigenvalue weighted by Crippen LogP contribution is 2.46. The van der Waals surface area contributed by atoms with Gasteiger partial charge in [0.05, 0.1) is 54.7 Å². The number of carbonyl (C=O) groups excluding carboxylic acids is 7. The quantitative estimate of drug-likeness (QED) is 0.0505. The maximum Gasteiger partial charge on any atom is 0.408 e. The first kappa shape index (κ1) is 54.0. The molecule has 2 aromatic heterocycles. The van der Waals surface area contributed by atoms with E-state index in [1.807, 2.05) is 0 Å². The average molecular weight is 1030 g/mol. The summed E-state index contributed by atoms with van der Waals surface area (Å²) in [6, 6.07) is 9.83. The summed E-state index contributed by atoms with van der Waals surface area (Å²) in [6.07, 6.45) is -0.233. The third-order valence-corrected chi connectivity index (χ3v) is 13.1. The number of benzene rings is 2. The van der Waals surface area contributed by atoms with Crippen molar-refractivity contribution >= 4 is 58.5 Å². The van der Waals surface area contributed by atoms with Crippen molar-refractivity contribution in [1.82, 2.24) is 46.4 Å². The molecule has 8 N–H and O–H groups in total. The fourth-order valence-corrected chi connectivity index (χ4v) is 9.41. The Hall–Kier alpha value is -7.79. The molecule has 2 aliphatic heterocycles. The van der Waals surface area contributed by atoms with Crippen molar-refractivity contribution in [3.8, 4) is 11.4 Å². The van der Waals surface area contributed by atoms with Gasteiger partial charge in [-0.2, -0.15) is 0 Å². The van der Waals surface area contributed by atoms with Crippen molar-refractivity contribution in [2.75, 3.05) is 45.8 Å². The van der Waals surface area contributed by atoms with Crippen LogP contribution in [0.1, 0.15) is 91.9 Å². The van der Waals surface area contributed by atoms with Crippen molar-refractivity contribution in [2.24, 2.45) is 0 Å². The van der Waals surface area contributed by atoms with E-state index >= 15 is 4.39 Å². The number of carboxylic acid groups (broad SMARTS) is 1. The van der Waals surface area contributed by atoms with E-state index in [2.05, 4.69) is 31.9 Å². The van der Waals surface area contributed by atoms with E-state index in [1.54, 1.807) is 71.0 Å². The van der Waals surface area contributed by atoms with E-state index in [9.17, 15) is 53.4 Å². The second-order valence-corrected chi connectivity index (χ2v) is 19.4. The number of amides is 6. The van der Waals surface area contributed by atoms with Crippen molar-refractivity contribution in [1.29, 1.82) is 0 Å². The van der Waals surface area contributed by atoms with Gasteiger partial charge in [-0.05, 0) is 75.3 Å². The minimum Gasteiger partial charge on any atom is -0.480 e. The first-order chi connectivity index (χ1) is 35.1. The van der Waals surface area contributed by atoms with Gasteiger partial charge in [0.2, 0.25) is 29.5 Å². The maximum absolute atomic E-state index is 15.4. The molecule has 1 unspecified atom stereocenters. The summed E-state index contributed by atoms with van der Waals surface area (Å²) < 4.78 is 27.2. The smallest absolute Gasteiger partial charge is 0.408 e. The largest absolute Gasteiger partial charge is 0.480 e. The Kier molecular flexibility index (Phi) is 16.4. The fraction of sp³-hybridized carbons (Fsp3) is 0.451. The number of aryl methyl sites for hydroxylation is 1. The van der Waals surface area contributed by atoms with E-state index in [0.29, 0.717) is 57.4 Å². The number of aliphatic carboxylic acids is 1. The lowest BCUT2D eigenvalue weighted by atomic mass is 9.81. The average Bonchev–Trinajstić information content (AvgIpc) is 3.72. The van der Waals surface area contributed by atoms with E-state index in [0.717, 1.165) is 5.56 Å². The standard InChI is InChI=1S/C51H60FN9O13/c1-6-51(72)32-19-37-45-30(24-61(37)47(69)31(32)26-73-48(51)70)44-34(13-12-29-27(2)33(52)20-35(59-45)43(29)44)57-38(62)14-16-60(25-42(66)67)17-15-53-39(63)21-55-46(68)36(18-28-10-8-7-9-11-28)58-41(65)23-54-40(64)22-56-49(71)74-50(3,4)5/h7-11,19-20,34,36,72H,6,12-18,21-26H2,1-5H3,(H,53,63)(H,54,64)(H,55,68)(H,56,71)(H,57,62)(H,58,65)(H,66,67)/t34-,36?,51-/m0/s1. The number of nitrogens with one attached hydrogen (secondary N) is 6. The number of carboxylic acids is 1. The van der Waals surface area contributed by atoms with Crippen LogP contribution in [0.5, 0.6) is 0 Å². The highest BCUT2D eigenvalue weighted by atomic mass is 19.1. The predicted octanol–water partition coefficient (Wildman–Crippen LogP) is 1.01. The monoisotopic (exact) mass is 1030 g/mol. The summed E-state index contributed by atoms with van der Waals surface area (Å²) in [5.74, 6) is -5.70. The van der Waals surface area contributed by atoms with Crippen LogP contribution in [0.3, 0.4) is 0 Å². The Balaban J connectivity index is 0.953. The Morgan fingerprint density at radius 1 is 0.932 bits per heavy atom. The van der Waals surface area contributed by atoms with Crippen LogP contribution in [-0.4, -0.2) is 130 Å². The molecule has 3 atom stereocenters. The summed E-state index contributed by atoms with van der Waals surface area (Å²) in [6.45, 7) is 5.90. The predicted molar refractivity (Wildman–Crippen MR) is 262 cm³/mol. The molecule has 2 aromatic carbocycles. The lowest BCUT2D eigenvalue weighted by Crippen LogP contribution is -2.52. The zero-order valence-electron chi connectivity index (χ0n) is 41.7. The van der Waals surface area contributed by atoms with E-state index in [1.165, 1.54) is 15.5 Å². The summed E-state index contributed by atoms with van der Waals surface area (Å²) >= 11 is 0. The van der Waals surface area contributed by atoms with Gasteiger partial charge in [0.15, 0.2) is 5.60 Å². The van der Waals surface area contributed by atoms with Crippen molar-refractivity contribution in [3.05, 3.63) is 97.6 Å². The van der Waals surface area contributed by atoms with Crippen molar-refractivity contribution < 1.29 is 62.4 Å². The number of aliphatic hydroxyl groups is 1. The molecule has 394 valence electrons. The van der Waals surface area contributed by atoms with Crippen molar-refractivity contribution in [3.63, 3.8) is 0 Å². The molecule has 6 amide bonds. The number of halogens is 1. The van der Waals surface area contributed by atoms with Crippen LogP contribution >= 0.6 is 0 Å². The van der Waals surface area contributed by atoms with Gasteiger partial charge in [-0.15, -0.1) is 0 Å². The van der Waals surface area contributed by atoms with E-state index in [-0.39, 0.29) is 63.2 Å². The number of carbonyl (C=O) groups is 8. The molecule has 23 heteroatoms. The molecule has 4 aromatic rings. The third-order valence-electron chi connectivity index (χ3n) is 13.1. The van der Waals surface area contributed by atoms with Crippen LogP contribution in [0.15, 0.2) is 47.3 Å². The van der Waals surface area contributed by atoms with Gasteiger partial charge >= 0.3 is 18.0 Å². The number of cyclic esters (lactones) is 1. The number of ether oxygens (including phenoxy) is 2. The molecular formula is C51H60FN9O13. The lowest BCUT2D eigenvalue weighted by Gasteiger charge is -2.31. The molecule has 7 rings (SSSR count). The number of aromatic nitrogens is 2. The summed E-state index contributed by atoms with van der Waals surface area (Å²) in [7, 11) is 0. The molecule has 0 spiro atoms. The Morgan fingerprint density at radius 2 is 1.64 bits per heavy atom. The Morgan fingerprint density at radius 3 is 2.34 bits per heavy atom. The third kappa shape index (κ3) is 12.3. The second-order valence-electron chi connectivity index (χ2n) is 19.4. The molecule has 22 nitrogen and oxygen atoms in total. The molecule has 4 heterocycles. The number of rotatable bonds is 20. The van der Waals surface area contributed by atoms with Crippen LogP contribution < -0.4 is 37.5 Å². The first-order valence-electron chi connectivity index (χ1n) is 24.2. The zero-order valence-corrected chi connectivity index (χ0v) is 41.7. The van der Waals surface area contributed by atoms with Gasteiger partial charge in [-0.25, -0.2) is 19.0 Å². The molecule has 3 aliphatic rings. The van der Waals surface area contributed by atoms with Gasteiger partial charge in [-0.1, -0.05) is 37.3 Å². The first-order valence-corrected chi connectivity index (χ1v) is 24.2. The van der Waals surface area contributed by atoms with Crippen LogP contribution in [-0.2, 0) is 74.6 Å². The molecule has 0 saturated carbocycles. The van der Waals surface area contributed by atoms with Crippen LogP contribution in [0.2, 0.25) is 0 Å². The van der Waals surface area contributed by atoms with Gasteiger partial charge in [0.25, 0.3) is 5.56 Å². The molecule has 0 saturated heterocycles. The fourth-order valence-electron chi connectivity index (χ4n) is 9.41.